The summed E-state index contributed by atoms with van der Waals surface area (Å²) < 4.78 is 0. The van der Waals surface area contributed by atoms with E-state index in [4.69, 9.17) is 5.73 Å². The summed E-state index contributed by atoms with van der Waals surface area (Å²) in [4.78, 5) is 45.0. The van der Waals surface area contributed by atoms with Gasteiger partial charge in [-0.05, 0) is 25.5 Å². The van der Waals surface area contributed by atoms with Gasteiger partial charge in [-0.2, -0.15) is 11.8 Å². The highest BCUT2D eigenvalue weighted by molar-refractivity contribution is 7.98. The average molecular weight is 346 g/mol. The van der Waals surface area contributed by atoms with Crippen LogP contribution in [0, 0.1) is 0 Å². The van der Waals surface area contributed by atoms with E-state index in [0.717, 1.165) is 0 Å². The number of hydrogen-bond donors (Lipinski definition) is 4. The SMILES string of the molecule is CCC(=O)NC(CCCCNC(=O)C(N)CSC)C(=O)NC=O. The van der Waals surface area contributed by atoms with E-state index in [1.807, 2.05) is 11.6 Å². The smallest absolute Gasteiger partial charge is 0.248 e. The highest BCUT2D eigenvalue weighted by Gasteiger charge is 2.19. The molecule has 2 unspecified atom stereocenters. The Morgan fingerprint density at radius 1 is 1.22 bits per heavy atom. The number of unbranched alkanes of at least 4 members (excludes halogenated alkanes) is 1. The summed E-state index contributed by atoms with van der Waals surface area (Å²) in [7, 11) is 0. The molecule has 0 aliphatic heterocycles. The van der Waals surface area contributed by atoms with Crippen LogP contribution >= 0.6 is 11.8 Å². The molecule has 23 heavy (non-hydrogen) atoms. The van der Waals surface area contributed by atoms with Crippen LogP contribution in [0.1, 0.15) is 32.6 Å². The average Bonchev–Trinajstić information content (AvgIpc) is 2.53. The van der Waals surface area contributed by atoms with Gasteiger partial charge in [-0.3, -0.25) is 24.5 Å². The number of hydrogen-bond acceptors (Lipinski definition) is 6. The Morgan fingerprint density at radius 2 is 1.91 bits per heavy atom. The molecule has 0 aliphatic carbocycles. The molecule has 0 aromatic rings. The van der Waals surface area contributed by atoms with E-state index >= 15 is 0 Å². The highest BCUT2D eigenvalue weighted by Crippen LogP contribution is 2.02. The van der Waals surface area contributed by atoms with E-state index in [0.29, 0.717) is 38.0 Å². The number of imide groups is 1. The predicted octanol–water partition coefficient (Wildman–Crippen LogP) is -0.869. The van der Waals surface area contributed by atoms with Crippen LogP contribution in [0.25, 0.3) is 0 Å². The number of rotatable bonds is 12. The van der Waals surface area contributed by atoms with Crippen LogP contribution in [-0.2, 0) is 19.2 Å². The zero-order chi connectivity index (χ0) is 17.7. The van der Waals surface area contributed by atoms with Gasteiger partial charge < -0.3 is 16.4 Å². The molecule has 0 fully saturated rings. The minimum atomic E-state index is -0.748. The van der Waals surface area contributed by atoms with Gasteiger partial charge in [0.1, 0.15) is 6.04 Å². The third-order valence-electron chi connectivity index (χ3n) is 3.08. The maximum absolute atomic E-state index is 11.7. The Hall–Kier alpha value is -1.61. The fourth-order valence-corrected chi connectivity index (χ4v) is 2.31. The van der Waals surface area contributed by atoms with E-state index in [2.05, 4.69) is 10.6 Å². The van der Waals surface area contributed by atoms with Crippen molar-refractivity contribution in [1.82, 2.24) is 16.0 Å². The Labute approximate surface area is 140 Å². The molecule has 0 radical (unpaired) electrons. The second-order valence-corrected chi connectivity index (χ2v) is 5.86. The number of nitrogens with two attached hydrogens (primary N) is 1. The monoisotopic (exact) mass is 346 g/mol. The quantitative estimate of drug-likeness (QED) is 0.268. The fourth-order valence-electron chi connectivity index (χ4n) is 1.80. The molecule has 0 saturated carbocycles. The third-order valence-corrected chi connectivity index (χ3v) is 3.77. The van der Waals surface area contributed by atoms with Gasteiger partial charge in [0, 0.05) is 18.7 Å². The number of carbonyl (C=O) groups excluding carboxylic acids is 4. The molecule has 4 amide bonds. The lowest BCUT2D eigenvalue weighted by atomic mass is 10.1. The van der Waals surface area contributed by atoms with Gasteiger partial charge in [-0.15, -0.1) is 0 Å². The molecule has 0 aromatic carbocycles. The van der Waals surface area contributed by atoms with Gasteiger partial charge in [-0.25, -0.2) is 0 Å². The van der Waals surface area contributed by atoms with Crippen LogP contribution in [0.5, 0.6) is 0 Å². The molecular formula is C14H26N4O4S. The lowest BCUT2D eigenvalue weighted by Gasteiger charge is -2.16. The number of nitrogens with one attached hydrogen (secondary N) is 3. The topological polar surface area (TPSA) is 130 Å². The normalized spacial score (nSPS) is 12.8. The molecule has 0 aliphatic rings. The molecule has 132 valence electrons. The number of carbonyl (C=O) groups is 4. The van der Waals surface area contributed by atoms with Gasteiger partial charge >= 0.3 is 0 Å². The summed E-state index contributed by atoms with van der Waals surface area (Å²) in [5.74, 6) is -0.433. The molecule has 0 heterocycles. The Kier molecular flexibility index (Phi) is 12.0. The molecule has 5 N–H and O–H groups in total. The molecule has 8 nitrogen and oxygen atoms in total. The summed E-state index contributed by atoms with van der Waals surface area (Å²) in [6.07, 6.45) is 4.07. The molecule has 0 saturated heterocycles. The van der Waals surface area contributed by atoms with Gasteiger partial charge in [-0.1, -0.05) is 6.92 Å². The van der Waals surface area contributed by atoms with E-state index in [-0.39, 0.29) is 18.2 Å². The minimum Gasteiger partial charge on any atom is -0.355 e. The summed E-state index contributed by atoms with van der Waals surface area (Å²) in [5.41, 5.74) is 5.67. The Balaban J connectivity index is 4.11. The number of amides is 4. The first-order valence-electron chi connectivity index (χ1n) is 7.51. The molecule has 2 atom stereocenters. The second-order valence-electron chi connectivity index (χ2n) is 4.95. The van der Waals surface area contributed by atoms with Crippen molar-refractivity contribution in [3.63, 3.8) is 0 Å². The van der Waals surface area contributed by atoms with Crippen molar-refractivity contribution >= 4 is 35.9 Å². The van der Waals surface area contributed by atoms with Crippen LogP contribution in [0.3, 0.4) is 0 Å². The predicted molar refractivity (Wildman–Crippen MR) is 89.6 cm³/mol. The summed E-state index contributed by atoms with van der Waals surface area (Å²) in [6.45, 7) is 2.13. The highest BCUT2D eigenvalue weighted by atomic mass is 32.2. The second kappa shape index (κ2) is 12.9. The molecular weight excluding hydrogens is 320 g/mol. The van der Waals surface area contributed by atoms with Gasteiger partial charge in [0.2, 0.25) is 24.1 Å². The Morgan fingerprint density at radius 3 is 2.48 bits per heavy atom. The maximum atomic E-state index is 11.7. The van der Waals surface area contributed by atoms with E-state index in [1.165, 1.54) is 11.8 Å². The molecule has 0 spiro atoms. The maximum Gasteiger partial charge on any atom is 0.248 e. The zero-order valence-electron chi connectivity index (χ0n) is 13.6. The van der Waals surface area contributed by atoms with Gasteiger partial charge in [0.25, 0.3) is 0 Å². The van der Waals surface area contributed by atoms with Crippen LogP contribution in [-0.4, -0.2) is 54.8 Å². The number of thioether (sulfide) groups is 1. The largest absolute Gasteiger partial charge is 0.355 e. The molecule has 0 bridgehead atoms. The van der Waals surface area contributed by atoms with Crippen LogP contribution in [0.15, 0.2) is 0 Å². The summed E-state index contributed by atoms with van der Waals surface area (Å²) in [6, 6.07) is -1.28. The van der Waals surface area contributed by atoms with Crippen molar-refractivity contribution < 1.29 is 19.2 Å². The molecule has 0 rings (SSSR count). The molecule has 9 heteroatoms. The zero-order valence-corrected chi connectivity index (χ0v) is 14.4. The van der Waals surface area contributed by atoms with Crippen molar-refractivity contribution in [3.8, 4) is 0 Å². The van der Waals surface area contributed by atoms with Crippen LogP contribution < -0.4 is 21.7 Å². The minimum absolute atomic E-state index is 0.200. The standard InChI is InChI=1S/C14H26N4O4S/c1-3-12(20)18-11(14(22)17-9-19)6-4-5-7-16-13(21)10(15)8-23-2/h9-11H,3-8,15H2,1-2H3,(H,16,21)(H,18,20)(H,17,19,22). The van der Waals surface area contributed by atoms with Crippen molar-refractivity contribution in [2.45, 2.75) is 44.7 Å². The van der Waals surface area contributed by atoms with Crippen molar-refractivity contribution in [2.24, 2.45) is 5.73 Å². The van der Waals surface area contributed by atoms with Crippen LogP contribution in [0.2, 0.25) is 0 Å². The van der Waals surface area contributed by atoms with Crippen molar-refractivity contribution in [1.29, 1.82) is 0 Å². The van der Waals surface area contributed by atoms with E-state index < -0.39 is 18.0 Å². The van der Waals surface area contributed by atoms with Gasteiger partial charge in [0.05, 0.1) is 6.04 Å². The van der Waals surface area contributed by atoms with Crippen molar-refractivity contribution in [3.05, 3.63) is 0 Å². The lowest BCUT2D eigenvalue weighted by molar-refractivity contribution is -0.131. The first-order valence-corrected chi connectivity index (χ1v) is 8.91. The summed E-state index contributed by atoms with van der Waals surface area (Å²) >= 11 is 1.50. The van der Waals surface area contributed by atoms with Gasteiger partial charge in [0.15, 0.2) is 0 Å². The summed E-state index contributed by atoms with van der Waals surface area (Å²) in [5, 5.41) is 7.33. The third kappa shape index (κ3) is 9.90. The molecule has 0 aromatic heterocycles. The van der Waals surface area contributed by atoms with E-state index in [9.17, 15) is 19.2 Å². The Bertz CT molecular complexity index is 406. The first kappa shape index (κ1) is 21.4. The van der Waals surface area contributed by atoms with E-state index in [1.54, 1.807) is 6.92 Å². The first-order chi connectivity index (χ1) is 11.0. The lowest BCUT2D eigenvalue weighted by Crippen LogP contribution is -2.46. The van der Waals surface area contributed by atoms with Crippen LogP contribution in [0.4, 0.5) is 0 Å². The fraction of sp³-hybridized carbons (Fsp3) is 0.714. The van der Waals surface area contributed by atoms with Crippen molar-refractivity contribution in [2.75, 3.05) is 18.6 Å².